The Morgan fingerprint density at radius 3 is 2.88 bits per heavy atom. The van der Waals surface area contributed by atoms with E-state index in [1.54, 1.807) is 12.3 Å². The number of aryl methyl sites for hydroxylation is 1. The van der Waals surface area contributed by atoms with Crippen molar-refractivity contribution >= 4 is 11.0 Å². The molecule has 3 aromatic rings. The lowest BCUT2D eigenvalue weighted by atomic mass is 10.1. The quantitative estimate of drug-likeness (QED) is 0.591. The van der Waals surface area contributed by atoms with Crippen LogP contribution in [0.15, 0.2) is 71.2 Å². The molecule has 1 N–H and O–H groups in total. The number of nitrogens with zero attached hydrogens (tertiary/aromatic N) is 3. The van der Waals surface area contributed by atoms with E-state index in [9.17, 15) is 13.6 Å². The third-order valence-electron chi connectivity index (χ3n) is 5.51. The minimum atomic E-state index is -0.772. The van der Waals surface area contributed by atoms with E-state index in [0.29, 0.717) is 5.82 Å². The molecule has 0 fully saturated rings. The Kier molecular flexibility index (Phi) is 6.05. The van der Waals surface area contributed by atoms with Gasteiger partial charge in [-0.15, -0.1) is 0 Å². The highest BCUT2D eigenvalue weighted by Gasteiger charge is 2.19. The Labute approximate surface area is 184 Å². The van der Waals surface area contributed by atoms with Crippen molar-refractivity contribution in [2.24, 2.45) is 7.05 Å². The maximum Gasteiger partial charge on any atom is 0.259 e. The van der Waals surface area contributed by atoms with Crippen LogP contribution >= 0.6 is 0 Å². The molecule has 1 aliphatic heterocycles. The van der Waals surface area contributed by atoms with E-state index in [1.807, 2.05) is 19.2 Å². The molecule has 3 aromatic heterocycles. The third-order valence-corrected chi connectivity index (χ3v) is 5.51. The van der Waals surface area contributed by atoms with Gasteiger partial charge in [-0.05, 0) is 30.7 Å². The highest BCUT2D eigenvalue weighted by atomic mass is 19.1. The molecule has 0 bridgehead atoms. The molecule has 1 aliphatic rings. The zero-order valence-electron chi connectivity index (χ0n) is 18.0. The Balaban J connectivity index is 1.60. The van der Waals surface area contributed by atoms with E-state index in [-0.39, 0.29) is 23.5 Å². The Bertz CT molecular complexity index is 1310. The van der Waals surface area contributed by atoms with Crippen LogP contribution in [0, 0.1) is 0 Å². The first-order chi connectivity index (χ1) is 15.4. The van der Waals surface area contributed by atoms with E-state index in [1.165, 1.54) is 28.0 Å². The number of rotatable bonds is 6. The Morgan fingerprint density at radius 2 is 2.16 bits per heavy atom. The summed E-state index contributed by atoms with van der Waals surface area (Å²) in [4.78, 5) is 17.4. The molecule has 0 atom stereocenters. The van der Waals surface area contributed by atoms with Gasteiger partial charge in [0.1, 0.15) is 29.6 Å². The number of aromatic nitrogens is 3. The predicted octanol–water partition coefficient (Wildman–Crippen LogP) is 4.03. The molecule has 8 heteroatoms. The molecule has 0 aliphatic carbocycles. The number of ether oxygens (including phenoxy) is 1. The summed E-state index contributed by atoms with van der Waals surface area (Å²) in [5.74, 6) is -0.669. The minimum Gasteiger partial charge on any atom is -0.489 e. The maximum atomic E-state index is 14.0. The minimum absolute atomic E-state index is 0.0838. The van der Waals surface area contributed by atoms with Crippen LogP contribution in [0.3, 0.4) is 0 Å². The summed E-state index contributed by atoms with van der Waals surface area (Å²) in [6, 6.07) is 6.71. The molecule has 0 amide bonds. The number of nitrogens with one attached hydrogen (secondary N) is 1. The third kappa shape index (κ3) is 4.13. The zero-order chi connectivity index (χ0) is 22.8. The second-order valence-electron chi connectivity index (χ2n) is 7.62. The first-order valence-corrected chi connectivity index (χ1v) is 10.3. The fourth-order valence-corrected chi connectivity index (χ4v) is 3.88. The van der Waals surface area contributed by atoms with Crippen molar-refractivity contribution < 1.29 is 13.5 Å². The molecule has 0 spiro atoms. The van der Waals surface area contributed by atoms with Crippen LogP contribution in [0.2, 0.25) is 0 Å². The van der Waals surface area contributed by atoms with Crippen molar-refractivity contribution in [3.63, 3.8) is 0 Å². The first-order valence-electron chi connectivity index (χ1n) is 10.3. The van der Waals surface area contributed by atoms with Gasteiger partial charge in [-0.1, -0.05) is 12.7 Å². The van der Waals surface area contributed by atoms with Crippen molar-refractivity contribution in [1.82, 2.24) is 19.4 Å². The van der Waals surface area contributed by atoms with Gasteiger partial charge in [-0.25, -0.2) is 13.8 Å². The molecule has 0 unspecified atom stereocenters. The second-order valence-corrected chi connectivity index (χ2v) is 7.62. The van der Waals surface area contributed by atoms with Gasteiger partial charge in [0.05, 0.1) is 5.83 Å². The molecule has 0 saturated carbocycles. The average Bonchev–Trinajstić information content (AvgIpc) is 3.06. The van der Waals surface area contributed by atoms with Crippen LogP contribution < -0.4 is 15.6 Å². The van der Waals surface area contributed by atoms with E-state index >= 15 is 0 Å². The second kappa shape index (κ2) is 8.92. The smallest absolute Gasteiger partial charge is 0.259 e. The lowest BCUT2D eigenvalue weighted by Crippen LogP contribution is -2.24. The van der Waals surface area contributed by atoms with Gasteiger partial charge < -0.3 is 14.6 Å². The van der Waals surface area contributed by atoms with Gasteiger partial charge in [-0.3, -0.25) is 9.36 Å². The summed E-state index contributed by atoms with van der Waals surface area (Å²) in [6.07, 6.45) is 4.52. The van der Waals surface area contributed by atoms with Crippen LogP contribution in [0.4, 0.5) is 8.78 Å². The van der Waals surface area contributed by atoms with Crippen LogP contribution in [0.25, 0.3) is 16.9 Å². The van der Waals surface area contributed by atoms with Crippen LogP contribution in [-0.2, 0) is 20.0 Å². The van der Waals surface area contributed by atoms with E-state index in [4.69, 9.17) is 9.72 Å². The summed E-state index contributed by atoms with van der Waals surface area (Å²) in [5, 5.41) is 4.46. The lowest BCUT2D eigenvalue weighted by molar-refractivity contribution is 0.350. The zero-order valence-corrected chi connectivity index (χ0v) is 18.0. The topological polar surface area (TPSA) is 61.1 Å². The van der Waals surface area contributed by atoms with Crippen molar-refractivity contribution in [3.05, 3.63) is 88.0 Å². The molecule has 0 saturated heterocycles. The van der Waals surface area contributed by atoms with Crippen molar-refractivity contribution in [2.75, 3.05) is 13.2 Å². The lowest BCUT2D eigenvalue weighted by Gasteiger charge is -2.14. The summed E-state index contributed by atoms with van der Waals surface area (Å²) >= 11 is 0. The summed E-state index contributed by atoms with van der Waals surface area (Å²) in [6.45, 7) is 6.22. The van der Waals surface area contributed by atoms with Crippen molar-refractivity contribution in [1.29, 1.82) is 0 Å². The van der Waals surface area contributed by atoms with E-state index in [2.05, 4.69) is 16.5 Å². The molecule has 32 heavy (non-hydrogen) atoms. The van der Waals surface area contributed by atoms with Crippen LogP contribution in [0.5, 0.6) is 5.75 Å². The molecule has 4 heterocycles. The predicted molar refractivity (Wildman–Crippen MR) is 120 cm³/mol. The Hall–Kier alpha value is -3.52. The molecule has 0 aromatic carbocycles. The van der Waals surface area contributed by atoms with Gasteiger partial charge in [0.25, 0.3) is 5.56 Å². The van der Waals surface area contributed by atoms with E-state index < -0.39 is 11.7 Å². The molecular weight excluding hydrogens is 414 g/mol. The summed E-state index contributed by atoms with van der Waals surface area (Å²) < 4.78 is 35.9. The SMILES string of the molecule is C=CC(COc1ccn(-c2ccc3c4c(n(C)c3n2)CCNC4)c(=O)c1)=C(F)C=C(C)F. The largest absolute Gasteiger partial charge is 0.489 e. The van der Waals surface area contributed by atoms with Crippen LogP contribution in [0.1, 0.15) is 18.2 Å². The number of pyridine rings is 2. The van der Waals surface area contributed by atoms with Gasteiger partial charge in [-0.2, -0.15) is 0 Å². The molecule has 166 valence electrons. The number of allylic oxidation sites excluding steroid dienone is 3. The molecule has 0 radical (unpaired) electrons. The monoisotopic (exact) mass is 438 g/mol. The number of hydrogen-bond acceptors (Lipinski definition) is 4. The highest BCUT2D eigenvalue weighted by Crippen LogP contribution is 2.27. The van der Waals surface area contributed by atoms with Gasteiger partial charge in [0.2, 0.25) is 0 Å². The summed E-state index contributed by atoms with van der Waals surface area (Å²) in [5.41, 5.74) is 3.09. The van der Waals surface area contributed by atoms with Gasteiger partial charge >= 0.3 is 0 Å². The molecular formula is C24H24F2N4O2. The fraction of sp³-hybridized carbons (Fsp3) is 0.250. The number of hydrogen-bond donors (Lipinski definition) is 1. The summed E-state index contributed by atoms with van der Waals surface area (Å²) in [7, 11) is 1.99. The van der Waals surface area contributed by atoms with Crippen molar-refractivity contribution in [2.45, 2.75) is 19.9 Å². The van der Waals surface area contributed by atoms with E-state index in [0.717, 1.165) is 43.5 Å². The van der Waals surface area contributed by atoms with Gasteiger partial charge in [0.15, 0.2) is 0 Å². The maximum absolute atomic E-state index is 14.0. The Morgan fingerprint density at radius 1 is 1.34 bits per heavy atom. The first kappa shape index (κ1) is 21.7. The standard InChI is InChI=1S/C24H24F2N4O2/c1-4-16(20(26)11-15(2)25)14-32-17-8-10-30(23(31)12-17)22-6-5-18-19-13-27-9-7-21(19)29(3)24(18)28-22/h4-6,8,10-12,27H,1,7,9,13-14H2,2-3H3. The highest BCUT2D eigenvalue weighted by molar-refractivity contribution is 5.83. The fourth-order valence-electron chi connectivity index (χ4n) is 3.88. The van der Waals surface area contributed by atoms with Crippen molar-refractivity contribution in [3.8, 4) is 11.6 Å². The normalized spacial score (nSPS) is 14.8. The number of fused-ring (bicyclic) bond motifs is 3. The molecule has 6 nitrogen and oxygen atoms in total. The number of halogens is 2. The van der Waals surface area contributed by atoms with Gasteiger partial charge in [0, 0.05) is 61.6 Å². The average molecular weight is 438 g/mol. The van der Waals surface area contributed by atoms with Crippen LogP contribution in [-0.4, -0.2) is 27.3 Å². The molecule has 4 rings (SSSR count).